The Bertz CT molecular complexity index is 1050. The number of alkyl halides is 2. The highest BCUT2D eigenvalue weighted by atomic mass is 32.2. The van der Waals surface area contributed by atoms with Gasteiger partial charge in [0.25, 0.3) is 12.3 Å². The summed E-state index contributed by atoms with van der Waals surface area (Å²) in [6.07, 6.45) is -2.74. The highest BCUT2D eigenvalue weighted by molar-refractivity contribution is 7.91. The lowest BCUT2D eigenvalue weighted by molar-refractivity contribution is 0.0526. The minimum Gasteiger partial charge on any atom is -0.496 e. The van der Waals surface area contributed by atoms with E-state index in [0.29, 0.717) is 12.8 Å². The molecule has 1 aliphatic carbocycles. The van der Waals surface area contributed by atoms with Gasteiger partial charge in [-0.15, -0.1) is 0 Å². The van der Waals surface area contributed by atoms with E-state index in [1.54, 1.807) is 0 Å². The Kier molecular flexibility index (Phi) is 6.37. The van der Waals surface area contributed by atoms with Gasteiger partial charge in [0.15, 0.2) is 9.84 Å². The summed E-state index contributed by atoms with van der Waals surface area (Å²) in [5.74, 6) is -2.13. The quantitative estimate of drug-likeness (QED) is 0.683. The van der Waals surface area contributed by atoms with Crippen LogP contribution in [0, 0.1) is 11.7 Å². The molecule has 2 N–H and O–H groups in total. The smallest absolute Gasteiger partial charge is 0.266 e. The first kappa shape index (κ1) is 22.1. The monoisotopic (exact) mass is 443 g/mol. The van der Waals surface area contributed by atoms with Crippen molar-refractivity contribution in [2.24, 2.45) is 5.92 Å². The van der Waals surface area contributed by atoms with Gasteiger partial charge in [-0.05, 0) is 55.2 Å². The number of halogens is 3. The van der Waals surface area contributed by atoms with Crippen molar-refractivity contribution in [3.63, 3.8) is 0 Å². The van der Waals surface area contributed by atoms with Crippen LogP contribution in [-0.4, -0.2) is 38.4 Å². The Morgan fingerprint density at radius 2 is 1.93 bits per heavy atom. The molecule has 0 spiro atoms. The molecule has 0 heterocycles. The van der Waals surface area contributed by atoms with Gasteiger partial charge in [-0.25, -0.2) is 21.6 Å². The van der Waals surface area contributed by atoms with Gasteiger partial charge in [0.1, 0.15) is 11.6 Å². The van der Waals surface area contributed by atoms with E-state index < -0.39 is 39.7 Å². The average molecular weight is 443 g/mol. The van der Waals surface area contributed by atoms with E-state index >= 15 is 0 Å². The molecule has 2 aromatic rings. The number of aliphatic hydroxyl groups is 1. The van der Waals surface area contributed by atoms with Crippen LogP contribution in [0.1, 0.15) is 35.2 Å². The summed E-state index contributed by atoms with van der Waals surface area (Å²) >= 11 is 0. The molecule has 6 nitrogen and oxygen atoms in total. The fourth-order valence-corrected chi connectivity index (χ4v) is 4.95. The second-order valence-electron chi connectivity index (χ2n) is 7.13. The molecular formula is C20H20F3NO5S. The number of hydrogen-bond acceptors (Lipinski definition) is 5. The first-order valence-electron chi connectivity index (χ1n) is 9.08. The molecule has 1 aliphatic rings. The van der Waals surface area contributed by atoms with Crippen molar-refractivity contribution in [1.82, 2.24) is 0 Å². The molecule has 3 rings (SSSR count). The van der Waals surface area contributed by atoms with E-state index in [9.17, 15) is 31.5 Å². The van der Waals surface area contributed by atoms with E-state index in [1.165, 1.54) is 19.2 Å². The van der Waals surface area contributed by atoms with Crippen LogP contribution in [0.15, 0.2) is 41.3 Å². The van der Waals surface area contributed by atoms with Gasteiger partial charge >= 0.3 is 0 Å². The third-order valence-corrected chi connectivity index (χ3v) is 6.81. The molecular weight excluding hydrogens is 423 g/mol. The van der Waals surface area contributed by atoms with E-state index in [1.807, 2.05) is 0 Å². The van der Waals surface area contributed by atoms with Gasteiger partial charge in [-0.2, -0.15) is 0 Å². The molecule has 1 fully saturated rings. The number of sulfone groups is 1. The van der Waals surface area contributed by atoms with Crippen molar-refractivity contribution in [1.29, 1.82) is 0 Å². The lowest BCUT2D eigenvalue weighted by Crippen LogP contribution is -2.33. The number of ether oxygens (including phenoxy) is 1. The molecule has 1 amide bonds. The van der Waals surface area contributed by atoms with E-state index in [4.69, 9.17) is 4.74 Å². The molecule has 1 saturated carbocycles. The summed E-state index contributed by atoms with van der Waals surface area (Å²) in [5, 5.41) is 11.7. The number of benzene rings is 2. The third-order valence-electron chi connectivity index (χ3n) is 4.93. The van der Waals surface area contributed by atoms with Gasteiger partial charge in [0.05, 0.1) is 35.0 Å². The maximum Gasteiger partial charge on any atom is 0.266 e. The van der Waals surface area contributed by atoms with Crippen LogP contribution < -0.4 is 10.1 Å². The highest BCUT2D eigenvalue weighted by Crippen LogP contribution is 2.32. The Morgan fingerprint density at radius 1 is 1.23 bits per heavy atom. The lowest BCUT2D eigenvalue weighted by atomic mass is 9.84. The average Bonchev–Trinajstić information content (AvgIpc) is 2.67. The Hall–Kier alpha value is -2.59. The topological polar surface area (TPSA) is 92.7 Å². The number of anilines is 1. The Balaban J connectivity index is 1.86. The molecule has 0 aliphatic heterocycles. The van der Waals surface area contributed by atoms with Gasteiger partial charge in [0.2, 0.25) is 0 Å². The first-order valence-corrected chi connectivity index (χ1v) is 10.7. The van der Waals surface area contributed by atoms with Crippen molar-refractivity contribution in [3.8, 4) is 5.75 Å². The number of hydrogen-bond donors (Lipinski definition) is 2. The van der Waals surface area contributed by atoms with Crippen molar-refractivity contribution in [3.05, 3.63) is 53.3 Å². The number of amides is 1. The van der Waals surface area contributed by atoms with Crippen molar-refractivity contribution < 1.29 is 36.2 Å². The normalized spacial score (nSPS) is 18.7. The molecule has 0 atom stereocenters. The third kappa shape index (κ3) is 4.76. The van der Waals surface area contributed by atoms with Crippen molar-refractivity contribution in [2.45, 2.75) is 30.3 Å². The summed E-state index contributed by atoms with van der Waals surface area (Å²) in [6.45, 7) is 0. The Labute approximate surface area is 171 Å². The van der Waals surface area contributed by atoms with Crippen LogP contribution in [0.2, 0.25) is 0 Å². The molecule has 0 bridgehead atoms. The largest absolute Gasteiger partial charge is 0.496 e. The number of methoxy groups -OCH3 is 1. The number of aliphatic hydroxyl groups excluding tert-OH is 1. The van der Waals surface area contributed by atoms with Crippen molar-refractivity contribution in [2.75, 3.05) is 18.2 Å². The zero-order valence-corrected chi connectivity index (χ0v) is 16.8. The van der Waals surface area contributed by atoms with Crippen LogP contribution in [-0.2, 0) is 9.84 Å². The minimum absolute atomic E-state index is 0.0736. The molecule has 2 aromatic carbocycles. The lowest BCUT2D eigenvalue weighted by Gasteiger charge is -2.30. The van der Waals surface area contributed by atoms with Gasteiger partial charge < -0.3 is 15.2 Å². The standard InChI is InChI=1S/C20H20F3NO5S/c1-29-18-5-3-14(30(27,28)10-11-6-13(25)7-11)9-16(18)20(26)24-12-2-4-17(21)15(8-12)19(22)23/h2-5,8-9,11,13,19,25H,6-7,10H2,1H3,(H,24,26). The maximum atomic E-state index is 13.5. The SMILES string of the molecule is COc1ccc(S(=O)(=O)CC2CC(O)C2)cc1C(=O)Nc1ccc(F)c(C(F)F)c1. The van der Waals surface area contributed by atoms with Gasteiger partial charge in [0, 0.05) is 5.69 Å². The number of carbonyl (C=O) groups excluding carboxylic acids is 1. The van der Waals surface area contributed by atoms with Crippen molar-refractivity contribution >= 4 is 21.4 Å². The number of rotatable bonds is 7. The number of carbonyl (C=O) groups is 1. The number of nitrogens with one attached hydrogen (secondary N) is 1. The molecule has 0 unspecified atom stereocenters. The van der Waals surface area contributed by atoms with Crippen LogP contribution in [0.25, 0.3) is 0 Å². The molecule has 30 heavy (non-hydrogen) atoms. The minimum atomic E-state index is -3.72. The second-order valence-corrected chi connectivity index (χ2v) is 9.16. The Morgan fingerprint density at radius 3 is 2.53 bits per heavy atom. The summed E-state index contributed by atoms with van der Waals surface area (Å²) < 4.78 is 69.6. The summed E-state index contributed by atoms with van der Waals surface area (Å²) in [6, 6.07) is 6.53. The zero-order chi connectivity index (χ0) is 22.1. The fraction of sp³-hybridized carbons (Fsp3) is 0.350. The van der Waals surface area contributed by atoms with Crippen LogP contribution in [0.4, 0.5) is 18.9 Å². The fourth-order valence-electron chi connectivity index (χ4n) is 3.29. The predicted molar refractivity (Wildman–Crippen MR) is 103 cm³/mol. The molecule has 0 radical (unpaired) electrons. The van der Waals surface area contributed by atoms with E-state index in [-0.39, 0.29) is 33.6 Å². The van der Waals surface area contributed by atoms with E-state index in [0.717, 1.165) is 24.3 Å². The second kappa shape index (κ2) is 8.65. The van der Waals surface area contributed by atoms with Crippen LogP contribution >= 0.6 is 0 Å². The molecule has 0 saturated heterocycles. The maximum absolute atomic E-state index is 13.5. The van der Waals surface area contributed by atoms with Crippen LogP contribution in [0.5, 0.6) is 5.75 Å². The zero-order valence-electron chi connectivity index (χ0n) is 15.9. The molecule has 0 aromatic heterocycles. The van der Waals surface area contributed by atoms with E-state index in [2.05, 4.69) is 5.32 Å². The molecule has 10 heteroatoms. The van der Waals surface area contributed by atoms with Gasteiger partial charge in [-0.1, -0.05) is 0 Å². The summed E-state index contributed by atoms with van der Waals surface area (Å²) in [7, 11) is -2.42. The first-order chi connectivity index (χ1) is 14.1. The summed E-state index contributed by atoms with van der Waals surface area (Å²) in [4.78, 5) is 12.6. The van der Waals surface area contributed by atoms with Gasteiger partial charge in [-0.3, -0.25) is 4.79 Å². The highest BCUT2D eigenvalue weighted by Gasteiger charge is 2.32. The summed E-state index contributed by atoms with van der Waals surface area (Å²) in [5.41, 5.74) is -1.05. The molecule has 162 valence electrons. The predicted octanol–water partition coefficient (Wildman–Crippen LogP) is 3.57. The van der Waals surface area contributed by atoms with Crippen LogP contribution in [0.3, 0.4) is 0 Å².